The lowest BCUT2D eigenvalue weighted by molar-refractivity contribution is 0.0695. The van der Waals surface area contributed by atoms with Crippen molar-refractivity contribution in [3.63, 3.8) is 0 Å². The molecule has 0 aromatic carbocycles. The largest absolute Gasteiger partial charge is 0.477 e. The molecular formula is C14H12N4O3. The molecule has 3 rings (SSSR count). The van der Waals surface area contributed by atoms with E-state index in [4.69, 9.17) is 5.11 Å². The lowest BCUT2D eigenvalue weighted by Gasteiger charge is -2.09. The fourth-order valence-electron chi connectivity index (χ4n) is 2.23. The van der Waals surface area contributed by atoms with Gasteiger partial charge in [-0.2, -0.15) is 5.10 Å². The summed E-state index contributed by atoms with van der Waals surface area (Å²) >= 11 is 0. The highest BCUT2D eigenvalue weighted by Crippen LogP contribution is 2.21. The molecule has 7 heteroatoms. The van der Waals surface area contributed by atoms with Crippen LogP contribution in [0.5, 0.6) is 0 Å². The number of aromatic nitrogens is 4. The molecule has 0 atom stereocenters. The first-order valence-electron chi connectivity index (χ1n) is 6.39. The van der Waals surface area contributed by atoms with Crippen molar-refractivity contribution in [3.05, 3.63) is 52.2 Å². The Hall–Kier alpha value is -2.96. The molecule has 0 radical (unpaired) electrons. The number of aromatic amines is 1. The van der Waals surface area contributed by atoms with Crippen molar-refractivity contribution in [2.24, 2.45) is 0 Å². The van der Waals surface area contributed by atoms with Crippen LogP contribution < -0.4 is 5.56 Å². The Morgan fingerprint density at radius 2 is 2.24 bits per heavy atom. The highest BCUT2D eigenvalue weighted by Gasteiger charge is 2.14. The third kappa shape index (κ3) is 2.18. The van der Waals surface area contributed by atoms with Crippen molar-refractivity contribution in [2.45, 2.75) is 13.3 Å². The third-order valence-electron chi connectivity index (χ3n) is 3.30. The number of rotatable bonds is 3. The average Bonchev–Trinajstić information content (AvgIpc) is 2.93. The maximum Gasteiger partial charge on any atom is 0.341 e. The van der Waals surface area contributed by atoms with Crippen molar-refractivity contribution in [1.82, 2.24) is 19.6 Å². The van der Waals surface area contributed by atoms with Crippen LogP contribution in [0.3, 0.4) is 0 Å². The van der Waals surface area contributed by atoms with Gasteiger partial charge in [0.05, 0.1) is 5.69 Å². The summed E-state index contributed by atoms with van der Waals surface area (Å²) in [6.45, 7) is 1.90. The van der Waals surface area contributed by atoms with Gasteiger partial charge >= 0.3 is 5.97 Å². The summed E-state index contributed by atoms with van der Waals surface area (Å²) in [6.07, 6.45) is 3.78. The molecule has 0 saturated carbocycles. The Morgan fingerprint density at radius 3 is 2.95 bits per heavy atom. The molecule has 0 aliphatic heterocycles. The van der Waals surface area contributed by atoms with E-state index in [1.807, 2.05) is 13.0 Å². The molecule has 0 amide bonds. The standard InChI is InChI=1S/C14H12N4O3/c1-2-8-5-10(14(20)21)13(19)17-12(8)9-3-4-11-15-7-16-18(11)6-9/h3-7H,2H2,1H3,(H,17,19)(H,20,21). The van der Waals surface area contributed by atoms with Crippen LogP contribution in [0.2, 0.25) is 0 Å². The molecular weight excluding hydrogens is 272 g/mol. The van der Waals surface area contributed by atoms with Crippen molar-refractivity contribution < 1.29 is 9.90 Å². The molecule has 3 heterocycles. The molecule has 2 N–H and O–H groups in total. The van der Waals surface area contributed by atoms with Gasteiger partial charge in [0, 0.05) is 11.8 Å². The van der Waals surface area contributed by atoms with Crippen LogP contribution in [-0.2, 0) is 6.42 Å². The quantitative estimate of drug-likeness (QED) is 0.756. The molecule has 0 aliphatic rings. The fraction of sp³-hybridized carbons (Fsp3) is 0.143. The molecule has 21 heavy (non-hydrogen) atoms. The fourth-order valence-corrected chi connectivity index (χ4v) is 2.23. The molecule has 3 aromatic rings. The number of hydrogen-bond acceptors (Lipinski definition) is 4. The van der Waals surface area contributed by atoms with Gasteiger partial charge in [-0.3, -0.25) is 4.79 Å². The Balaban J connectivity index is 2.23. The number of carbonyl (C=O) groups is 1. The topological polar surface area (TPSA) is 100 Å². The van der Waals surface area contributed by atoms with E-state index in [1.54, 1.807) is 16.8 Å². The number of carboxylic acids is 1. The van der Waals surface area contributed by atoms with Gasteiger partial charge in [-0.25, -0.2) is 14.3 Å². The maximum absolute atomic E-state index is 11.9. The van der Waals surface area contributed by atoms with E-state index >= 15 is 0 Å². The summed E-state index contributed by atoms with van der Waals surface area (Å²) in [4.78, 5) is 29.6. The zero-order valence-corrected chi connectivity index (χ0v) is 11.2. The van der Waals surface area contributed by atoms with Gasteiger partial charge in [-0.1, -0.05) is 6.92 Å². The number of carboxylic acid groups (broad SMARTS) is 1. The van der Waals surface area contributed by atoms with E-state index in [1.165, 1.54) is 12.4 Å². The van der Waals surface area contributed by atoms with Gasteiger partial charge in [-0.05, 0) is 30.2 Å². The van der Waals surface area contributed by atoms with Crippen LogP contribution in [0.15, 0.2) is 35.5 Å². The molecule has 7 nitrogen and oxygen atoms in total. The molecule has 106 valence electrons. The molecule has 3 aromatic heterocycles. The highest BCUT2D eigenvalue weighted by atomic mass is 16.4. The third-order valence-corrected chi connectivity index (χ3v) is 3.30. The maximum atomic E-state index is 11.9. The number of fused-ring (bicyclic) bond motifs is 1. The minimum absolute atomic E-state index is 0.252. The molecule has 0 saturated heterocycles. The number of pyridine rings is 2. The number of aryl methyl sites for hydroxylation is 1. The second-order valence-corrected chi connectivity index (χ2v) is 4.55. The number of nitrogens with zero attached hydrogens (tertiary/aromatic N) is 3. The first-order valence-corrected chi connectivity index (χ1v) is 6.39. The van der Waals surface area contributed by atoms with Crippen molar-refractivity contribution in [2.75, 3.05) is 0 Å². The zero-order chi connectivity index (χ0) is 15.0. The number of nitrogens with one attached hydrogen (secondary N) is 1. The van der Waals surface area contributed by atoms with Gasteiger partial charge in [-0.15, -0.1) is 0 Å². The zero-order valence-electron chi connectivity index (χ0n) is 11.2. The number of aromatic carboxylic acids is 1. The van der Waals surface area contributed by atoms with Crippen LogP contribution in [0.1, 0.15) is 22.8 Å². The summed E-state index contributed by atoms with van der Waals surface area (Å²) in [5.41, 5.74) is 1.93. The molecule has 0 spiro atoms. The Kier molecular flexibility index (Phi) is 3.02. The van der Waals surface area contributed by atoms with Crippen LogP contribution in [0.25, 0.3) is 16.9 Å². The van der Waals surface area contributed by atoms with E-state index in [9.17, 15) is 9.59 Å². The summed E-state index contributed by atoms with van der Waals surface area (Å²) < 4.78 is 1.60. The summed E-state index contributed by atoms with van der Waals surface area (Å²) in [6, 6.07) is 5.02. The van der Waals surface area contributed by atoms with Crippen LogP contribution >= 0.6 is 0 Å². The van der Waals surface area contributed by atoms with Crippen molar-refractivity contribution in [3.8, 4) is 11.3 Å². The smallest absolute Gasteiger partial charge is 0.341 e. The lowest BCUT2D eigenvalue weighted by atomic mass is 10.0. The average molecular weight is 284 g/mol. The van der Waals surface area contributed by atoms with E-state index < -0.39 is 11.5 Å². The van der Waals surface area contributed by atoms with Crippen LogP contribution in [0.4, 0.5) is 0 Å². The molecule has 0 fully saturated rings. The van der Waals surface area contributed by atoms with Gasteiger partial charge in [0.2, 0.25) is 0 Å². The van der Waals surface area contributed by atoms with E-state index in [-0.39, 0.29) is 5.56 Å². The predicted molar refractivity (Wildman–Crippen MR) is 75.4 cm³/mol. The minimum atomic E-state index is -1.23. The molecule has 0 bridgehead atoms. The van der Waals surface area contributed by atoms with Gasteiger partial charge < -0.3 is 10.1 Å². The first-order chi connectivity index (χ1) is 10.1. The van der Waals surface area contributed by atoms with E-state index in [2.05, 4.69) is 15.1 Å². The Morgan fingerprint density at radius 1 is 1.43 bits per heavy atom. The first kappa shape index (κ1) is 13.0. The highest BCUT2D eigenvalue weighted by molar-refractivity contribution is 5.88. The monoisotopic (exact) mass is 284 g/mol. The minimum Gasteiger partial charge on any atom is -0.477 e. The predicted octanol–water partition coefficient (Wildman–Crippen LogP) is 1.35. The van der Waals surface area contributed by atoms with Crippen LogP contribution in [0, 0.1) is 0 Å². The SMILES string of the molecule is CCc1cc(C(=O)O)c(=O)[nH]c1-c1ccc2ncnn2c1. The van der Waals surface area contributed by atoms with Crippen molar-refractivity contribution >= 4 is 11.6 Å². The molecule has 0 aliphatic carbocycles. The summed E-state index contributed by atoms with van der Waals surface area (Å²) in [5, 5.41) is 13.1. The van der Waals surface area contributed by atoms with Gasteiger partial charge in [0.15, 0.2) is 5.65 Å². The second kappa shape index (κ2) is 4.86. The van der Waals surface area contributed by atoms with Gasteiger partial charge in [0.1, 0.15) is 11.9 Å². The van der Waals surface area contributed by atoms with Gasteiger partial charge in [0.25, 0.3) is 5.56 Å². The van der Waals surface area contributed by atoms with E-state index in [0.29, 0.717) is 17.8 Å². The van der Waals surface area contributed by atoms with E-state index in [0.717, 1.165) is 11.1 Å². The summed E-state index contributed by atoms with van der Waals surface area (Å²) in [5.74, 6) is -1.23. The normalized spacial score (nSPS) is 10.9. The Bertz CT molecular complexity index is 895. The Labute approximate surface area is 118 Å². The lowest BCUT2D eigenvalue weighted by Crippen LogP contribution is -2.19. The van der Waals surface area contributed by atoms with Crippen molar-refractivity contribution in [1.29, 1.82) is 0 Å². The molecule has 0 unspecified atom stereocenters. The number of H-pyrrole nitrogens is 1. The number of hydrogen-bond donors (Lipinski definition) is 2. The summed E-state index contributed by atoms with van der Waals surface area (Å²) in [7, 11) is 0. The van der Waals surface area contributed by atoms with Crippen LogP contribution in [-0.4, -0.2) is 30.7 Å². The second-order valence-electron chi connectivity index (χ2n) is 4.55.